The van der Waals surface area contributed by atoms with Crippen molar-refractivity contribution < 1.29 is 37.3 Å². The monoisotopic (exact) mass is 591 g/mol. The number of hydrogen-bond acceptors (Lipinski definition) is 15. The zero-order valence-electron chi connectivity index (χ0n) is 18.5. The summed E-state index contributed by atoms with van der Waals surface area (Å²) in [5.74, 6) is -3.41. The van der Waals surface area contributed by atoms with E-state index in [0.717, 1.165) is 32.7 Å². The molecule has 1 unspecified atom stereocenters. The topological polar surface area (TPSA) is 245 Å². The van der Waals surface area contributed by atoms with Gasteiger partial charge in [0.25, 0.3) is 21.9 Å². The number of aliphatic carboxylic acids is 1. The quantitative estimate of drug-likeness (QED) is 0.0802. The smallest absolute Gasteiger partial charge is 0.352 e. The van der Waals surface area contributed by atoms with Gasteiger partial charge >= 0.3 is 5.97 Å². The van der Waals surface area contributed by atoms with E-state index in [0.29, 0.717) is 5.57 Å². The van der Waals surface area contributed by atoms with Crippen LogP contribution < -0.4 is 11.1 Å². The Labute approximate surface area is 220 Å². The second-order valence-corrected chi connectivity index (χ2v) is 11.6. The molecule has 0 saturated carbocycles. The lowest BCUT2D eigenvalue weighted by molar-refractivity contribution is -0.150. The van der Waals surface area contributed by atoms with Crippen molar-refractivity contribution in [2.24, 2.45) is 5.16 Å². The van der Waals surface area contributed by atoms with Gasteiger partial charge in [0.15, 0.2) is 16.7 Å². The predicted octanol–water partition coefficient (Wildman–Crippen LogP) is -1.56. The van der Waals surface area contributed by atoms with Gasteiger partial charge in [-0.1, -0.05) is 16.9 Å². The van der Waals surface area contributed by atoms with Crippen molar-refractivity contribution in [2.75, 3.05) is 24.3 Å². The summed E-state index contributed by atoms with van der Waals surface area (Å²) in [6.45, 7) is 0. The Kier molecular flexibility index (Phi) is 7.68. The highest BCUT2D eigenvalue weighted by molar-refractivity contribution is 8.01. The molecule has 1 saturated heterocycles. The molecule has 2 aromatic rings. The molecule has 1 fully saturated rings. The molecule has 5 N–H and O–H groups in total. The van der Waals surface area contributed by atoms with E-state index in [1.807, 2.05) is 0 Å². The molecule has 4 heterocycles. The minimum Gasteiger partial charge on any atom is -0.477 e. The fraction of sp³-hybridized carbons (Fsp3) is 0.375. The highest BCUT2D eigenvalue weighted by Crippen LogP contribution is 2.41. The van der Waals surface area contributed by atoms with Crippen LogP contribution in [0.1, 0.15) is 5.69 Å². The minimum atomic E-state index is -4.41. The highest BCUT2D eigenvalue weighted by atomic mass is 32.2. The molecule has 0 radical (unpaired) electrons. The van der Waals surface area contributed by atoms with Crippen LogP contribution >= 0.6 is 34.9 Å². The minimum absolute atomic E-state index is 0.0178. The van der Waals surface area contributed by atoms with Crippen molar-refractivity contribution >= 4 is 73.6 Å². The summed E-state index contributed by atoms with van der Waals surface area (Å²) in [5.41, 5.74) is 5.68. The number of oxime groups is 1. The number of anilines is 1. The number of aromatic nitrogens is 5. The second kappa shape index (κ2) is 10.6. The maximum atomic E-state index is 12.9. The summed E-state index contributed by atoms with van der Waals surface area (Å²) in [6.07, 6.45) is 0. The zero-order valence-corrected chi connectivity index (χ0v) is 21.8. The summed E-state index contributed by atoms with van der Waals surface area (Å²) in [6, 6.07) is -1.03. The summed E-state index contributed by atoms with van der Waals surface area (Å²) < 4.78 is 32.1. The number of hydrogen-bond donors (Lipinski definition) is 4. The molecule has 2 aliphatic rings. The number of thiazole rings is 1. The Morgan fingerprint density at radius 1 is 1.43 bits per heavy atom. The average molecular weight is 592 g/mol. The van der Waals surface area contributed by atoms with Gasteiger partial charge in [-0.25, -0.2) is 14.5 Å². The Morgan fingerprint density at radius 2 is 2.19 bits per heavy atom. The number of nitrogen functional groups attached to an aromatic ring is 1. The lowest BCUT2D eigenvalue weighted by Gasteiger charge is -2.49. The lowest BCUT2D eigenvalue weighted by Crippen LogP contribution is -2.71. The van der Waals surface area contributed by atoms with Gasteiger partial charge in [0.2, 0.25) is 5.16 Å². The van der Waals surface area contributed by atoms with Gasteiger partial charge in [0, 0.05) is 16.9 Å². The number of nitrogens with two attached hydrogens (primary N) is 1. The van der Waals surface area contributed by atoms with Crippen molar-refractivity contribution in [3.8, 4) is 0 Å². The first-order valence-corrected chi connectivity index (χ1v) is 14.4. The Hall–Kier alpha value is -3.27. The van der Waals surface area contributed by atoms with E-state index in [2.05, 4.69) is 31.0 Å². The molecule has 0 spiro atoms. The van der Waals surface area contributed by atoms with E-state index in [-0.39, 0.29) is 38.9 Å². The fourth-order valence-electron chi connectivity index (χ4n) is 3.38. The first kappa shape index (κ1) is 26.8. The first-order valence-electron chi connectivity index (χ1n) is 9.87. The van der Waals surface area contributed by atoms with Gasteiger partial charge in [0.1, 0.15) is 29.9 Å². The third kappa shape index (κ3) is 5.69. The van der Waals surface area contributed by atoms with Crippen molar-refractivity contribution in [2.45, 2.75) is 22.4 Å². The van der Waals surface area contributed by atoms with Crippen molar-refractivity contribution in [1.29, 1.82) is 0 Å². The van der Waals surface area contributed by atoms with Crippen LogP contribution in [-0.2, 0) is 35.2 Å². The van der Waals surface area contributed by atoms with Gasteiger partial charge < -0.3 is 21.0 Å². The number of carbonyl (C=O) groups is 3. The van der Waals surface area contributed by atoms with Gasteiger partial charge in [-0.15, -0.1) is 28.2 Å². The number of amides is 2. The lowest BCUT2D eigenvalue weighted by atomic mass is 10.0. The number of nitrogens with one attached hydrogen (secondary N) is 1. The standard InChI is InChI=1S/C16H17N9O8S4/c1-33-21-8(7-4-35-15(17)18-7)11(26)19-9-12(27)25-10(14(28)29)6(2-34-13(9)25)3-36-16-20-22-23-24(16)5-37(30,31)32/h4,9,13H,2-3,5H2,1H3,(H2,17,18)(H,19,26)(H,28,29)(H,30,31,32)/b21-8-/t9?,13-/m1/s1. The molecule has 4 rings (SSSR count). The Bertz CT molecular complexity index is 1420. The normalized spacial score (nSPS) is 19.9. The van der Waals surface area contributed by atoms with Gasteiger partial charge in [-0.3, -0.25) is 19.0 Å². The molecule has 2 aliphatic heterocycles. The molecule has 198 valence electrons. The second-order valence-electron chi connectivity index (χ2n) is 7.27. The molecule has 2 aromatic heterocycles. The van der Waals surface area contributed by atoms with Crippen LogP contribution in [0.2, 0.25) is 0 Å². The van der Waals surface area contributed by atoms with E-state index in [4.69, 9.17) is 15.1 Å². The number of β-lactam (4-membered cyclic amide) rings is 1. The molecule has 0 bridgehead atoms. The zero-order chi connectivity index (χ0) is 26.9. The summed E-state index contributed by atoms with van der Waals surface area (Å²) in [5, 5.41) is 27.6. The van der Waals surface area contributed by atoms with Gasteiger partial charge in [0.05, 0.1) is 0 Å². The third-order valence-electron chi connectivity index (χ3n) is 4.86. The highest BCUT2D eigenvalue weighted by Gasteiger charge is 2.54. The number of carboxylic acid groups (broad SMARTS) is 1. The number of carboxylic acids is 1. The maximum Gasteiger partial charge on any atom is 0.352 e. The van der Waals surface area contributed by atoms with E-state index >= 15 is 0 Å². The predicted molar refractivity (Wildman–Crippen MR) is 130 cm³/mol. The van der Waals surface area contributed by atoms with Gasteiger partial charge in [-0.05, 0) is 16.0 Å². The van der Waals surface area contributed by atoms with Crippen LogP contribution in [0, 0.1) is 0 Å². The fourth-order valence-corrected chi connectivity index (χ4v) is 6.86. The van der Waals surface area contributed by atoms with E-state index < -0.39 is 45.2 Å². The molecule has 2 amide bonds. The number of nitrogens with zero attached hydrogens (tertiary/aromatic N) is 7. The molecule has 17 nitrogen and oxygen atoms in total. The van der Waals surface area contributed by atoms with Crippen molar-refractivity contribution in [3.05, 3.63) is 22.3 Å². The number of tetrazole rings is 1. The van der Waals surface area contributed by atoms with Crippen LogP contribution in [0.3, 0.4) is 0 Å². The van der Waals surface area contributed by atoms with Crippen LogP contribution in [0.5, 0.6) is 0 Å². The molecule has 37 heavy (non-hydrogen) atoms. The van der Waals surface area contributed by atoms with E-state index in [9.17, 15) is 27.9 Å². The maximum absolute atomic E-state index is 12.9. The largest absolute Gasteiger partial charge is 0.477 e. The average Bonchev–Trinajstić information content (AvgIpc) is 3.45. The van der Waals surface area contributed by atoms with Crippen LogP contribution in [-0.4, -0.2) is 102 Å². The Balaban J connectivity index is 1.48. The third-order valence-corrected chi connectivity index (χ3v) is 8.49. The number of carbonyl (C=O) groups excluding carboxylic acids is 2. The molecule has 2 atom stereocenters. The first-order chi connectivity index (χ1) is 17.5. The molecular formula is C16H17N9O8S4. The summed E-state index contributed by atoms with van der Waals surface area (Å²) >= 11 is 3.25. The van der Waals surface area contributed by atoms with Gasteiger partial charge in [-0.2, -0.15) is 8.42 Å². The van der Waals surface area contributed by atoms with Crippen molar-refractivity contribution in [1.82, 2.24) is 35.4 Å². The van der Waals surface area contributed by atoms with Crippen LogP contribution in [0.25, 0.3) is 0 Å². The summed E-state index contributed by atoms with van der Waals surface area (Å²) in [4.78, 5) is 47.6. The summed E-state index contributed by atoms with van der Waals surface area (Å²) in [7, 11) is -3.17. The SMILES string of the molecule is CO/N=C(\C(=O)NC1C(=O)N2C(C(=O)O)=C(CSc3nnnn3CS(=O)(=O)O)CS[C@H]12)c1csc(N)n1. The molecular weight excluding hydrogens is 574 g/mol. The van der Waals surface area contributed by atoms with E-state index in [1.165, 1.54) is 24.3 Å². The van der Waals surface area contributed by atoms with Crippen molar-refractivity contribution in [3.63, 3.8) is 0 Å². The van der Waals surface area contributed by atoms with Crippen LogP contribution in [0.4, 0.5) is 5.13 Å². The number of thioether (sulfide) groups is 2. The number of rotatable bonds is 10. The Morgan fingerprint density at radius 3 is 2.81 bits per heavy atom. The number of fused-ring (bicyclic) bond motifs is 1. The van der Waals surface area contributed by atoms with Crippen LogP contribution in [0.15, 0.2) is 27.0 Å². The molecule has 21 heteroatoms. The van der Waals surface area contributed by atoms with E-state index in [1.54, 1.807) is 0 Å². The molecule has 0 aliphatic carbocycles. The molecule has 0 aromatic carbocycles.